The number of aryl methyl sites for hydroxylation is 1. The molecule has 1 heterocycles. The monoisotopic (exact) mass is 347 g/mol. The molecule has 22 heavy (non-hydrogen) atoms. The smallest absolute Gasteiger partial charge is 0.538 e. The van der Waals surface area contributed by atoms with Gasteiger partial charge in [-0.25, -0.2) is 12.8 Å². The van der Waals surface area contributed by atoms with Crippen LogP contribution in [-0.4, -0.2) is 14.3 Å². The molecule has 0 aliphatic rings. The number of rotatable bonds is 4. The molecule has 110 valence electrons. The molecule has 1 aromatic carbocycles. The number of carbonyl (C=O) groups excluding carboxylic acids is 1. The second kappa shape index (κ2) is 8.03. The van der Waals surface area contributed by atoms with Gasteiger partial charge in [0, 0.05) is 15.8 Å². The van der Waals surface area contributed by atoms with E-state index in [2.05, 4.69) is 4.72 Å². The molecule has 4 nitrogen and oxygen atoms in total. The third-order valence-corrected chi connectivity index (χ3v) is 4.31. The fourth-order valence-electron chi connectivity index (χ4n) is 1.60. The number of hydrogen-bond donors (Lipinski definition) is 0. The van der Waals surface area contributed by atoms with Gasteiger partial charge in [-0.3, -0.25) is 0 Å². The SMILES string of the molecule is Cc1cc(F)ccc1C(=O)[N-]S(=O)(=O)/C=C/c1cccs1.[Na+]. The number of carbonyl (C=O) groups is 1. The summed E-state index contributed by atoms with van der Waals surface area (Å²) >= 11 is 1.36. The zero-order valence-corrected chi connectivity index (χ0v) is 15.6. The van der Waals surface area contributed by atoms with Gasteiger partial charge >= 0.3 is 29.6 Å². The zero-order chi connectivity index (χ0) is 15.5. The molecule has 0 saturated heterocycles. The normalized spacial score (nSPS) is 11.2. The van der Waals surface area contributed by atoms with E-state index in [1.165, 1.54) is 30.4 Å². The fraction of sp³-hybridized carbons (Fsp3) is 0.0714. The third kappa shape index (κ3) is 5.33. The number of sulfonamides is 1. The Kier molecular flexibility index (Phi) is 6.96. The summed E-state index contributed by atoms with van der Waals surface area (Å²) in [6.07, 6.45) is 1.37. The first kappa shape index (κ1) is 19.1. The van der Waals surface area contributed by atoms with Gasteiger partial charge in [-0.15, -0.1) is 11.3 Å². The molecule has 0 N–H and O–H groups in total. The van der Waals surface area contributed by atoms with Crippen molar-refractivity contribution in [1.82, 2.24) is 0 Å². The van der Waals surface area contributed by atoms with Crippen LogP contribution in [0, 0.1) is 12.7 Å². The van der Waals surface area contributed by atoms with E-state index in [1.54, 1.807) is 17.5 Å². The summed E-state index contributed by atoms with van der Waals surface area (Å²) in [4.78, 5) is 12.6. The van der Waals surface area contributed by atoms with Gasteiger partial charge in [-0.2, -0.15) is 0 Å². The van der Waals surface area contributed by atoms with Crippen molar-refractivity contribution in [2.24, 2.45) is 0 Å². The van der Waals surface area contributed by atoms with Crippen LogP contribution in [0.2, 0.25) is 0 Å². The van der Waals surface area contributed by atoms with Gasteiger partial charge in [0.15, 0.2) is 0 Å². The Morgan fingerprint density at radius 1 is 1.32 bits per heavy atom. The summed E-state index contributed by atoms with van der Waals surface area (Å²) < 4.78 is 39.6. The van der Waals surface area contributed by atoms with Crippen molar-refractivity contribution in [3.05, 3.63) is 67.7 Å². The quantitative estimate of drug-likeness (QED) is 0.766. The van der Waals surface area contributed by atoms with Gasteiger partial charge in [0.2, 0.25) is 0 Å². The van der Waals surface area contributed by atoms with E-state index >= 15 is 0 Å². The van der Waals surface area contributed by atoms with E-state index in [4.69, 9.17) is 0 Å². The molecule has 0 unspecified atom stereocenters. The minimum Gasteiger partial charge on any atom is -0.538 e. The van der Waals surface area contributed by atoms with Crippen molar-refractivity contribution in [2.75, 3.05) is 0 Å². The molecule has 0 fully saturated rings. The first-order valence-electron chi connectivity index (χ1n) is 5.87. The van der Waals surface area contributed by atoms with E-state index in [-0.39, 0.29) is 35.1 Å². The van der Waals surface area contributed by atoms with Gasteiger partial charge in [-0.05, 0) is 48.2 Å². The molecule has 1 amide bonds. The molecule has 8 heteroatoms. The molecule has 2 rings (SSSR count). The topological polar surface area (TPSA) is 65.3 Å². The molecule has 0 atom stereocenters. The summed E-state index contributed by atoms with van der Waals surface area (Å²) in [5.41, 5.74) is 0.394. The van der Waals surface area contributed by atoms with Crippen LogP contribution >= 0.6 is 11.3 Å². The summed E-state index contributed by atoms with van der Waals surface area (Å²) in [6, 6.07) is 6.97. The Balaban J connectivity index is 0.00000242. The maximum Gasteiger partial charge on any atom is 1.00 e. The predicted molar refractivity (Wildman–Crippen MR) is 81.1 cm³/mol. The Bertz CT molecular complexity index is 786. The molecule has 0 spiro atoms. The summed E-state index contributed by atoms with van der Waals surface area (Å²) in [5.74, 6) is -1.41. The molecule has 0 radical (unpaired) electrons. The van der Waals surface area contributed by atoms with Gasteiger partial charge < -0.3 is 9.52 Å². The van der Waals surface area contributed by atoms with Gasteiger partial charge in [0.1, 0.15) is 15.8 Å². The average molecular weight is 347 g/mol. The van der Waals surface area contributed by atoms with Crippen molar-refractivity contribution < 1.29 is 47.2 Å². The predicted octanol–water partition coefficient (Wildman–Crippen LogP) is 0.714. The second-order valence-electron chi connectivity index (χ2n) is 4.19. The summed E-state index contributed by atoms with van der Waals surface area (Å²) in [7, 11) is -4.02. The number of thiophene rings is 1. The summed E-state index contributed by atoms with van der Waals surface area (Å²) in [5, 5.41) is 2.67. The Labute approximate surface area is 154 Å². The molecule has 2 aromatic rings. The van der Waals surface area contributed by atoms with Crippen molar-refractivity contribution in [1.29, 1.82) is 0 Å². The Morgan fingerprint density at radius 3 is 2.64 bits per heavy atom. The molecular formula is C14H11FNNaO3S2. The number of hydrogen-bond acceptors (Lipinski definition) is 4. The number of amides is 1. The minimum absolute atomic E-state index is 0. The van der Waals surface area contributed by atoms with E-state index in [0.717, 1.165) is 22.4 Å². The molecular weight excluding hydrogens is 336 g/mol. The molecule has 0 aliphatic carbocycles. The first-order chi connectivity index (χ1) is 9.87. The maximum absolute atomic E-state index is 13.0. The van der Waals surface area contributed by atoms with Crippen LogP contribution in [0.5, 0.6) is 0 Å². The third-order valence-electron chi connectivity index (χ3n) is 2.58. The second-order valence-corrected chi connectivity index (χ2v) is 6.65. The van der Waals surface area contributed by atoms with Crippen molar-refractivity contribution in [2.45, 2.75) is 6.92 Å². The summed E-state index contributed by atoms with van der Waals surface area (Å²) in [6.45, 7) is 1.51. The zero-order valence-electron chi connectivity index (χ0n) is 12.0. The van der Waals surface area contributed by atoms with Crippen LogP contribution in [0.15, 0.2) is 41.1 Å². The molecule has 1 aromatic heterocycles. The van der Waals surface area contributed by atoms with Crippen LogP contribution < -0.4 is 29.6 Å². The number of nitrogens with zero attached hydrogens (tertiary/aromatic N) is 1. The van der Waals surface area contributed by atoms with Crippen LogP contribution in [0.1, 0.15) is 20.8 Å². The molecule has 0 saturated carbocycles. The number of halogens is 1. The van der Waals surface area contributed by atoms with Crippen LogP contribution in [-0.2, 0) is 10.0 Å². The fourth-order valence-corrected chi connectivity index (χ4v) is 3.01. The molecule has 0 aliphatic heterocycles. The average Bonchev–Trinajstić information content (AvgIpc) is 2.88. The first-order valence-corrected chi connectivity index (χ1v) is 8.26. The van der Waals surface area contributed by atoms with E-state index in [1.807, 2.05) is 0 Å². The largest absolute Gasteiger partial charge is 1.00 e. The van der Waals surface area contributed by atoms with E-state index in [0.29, 0.717) is 5.56 Å². The molecule has 0 bridgehead atoms. The number of benzene rings is 1. The minimum atomic E-state index is -4.02. The van der Waals surface area contributed by atoms with Gasteiger partial charge in [0.05, 0.1) is 5.91 Å². The van der Waals surface area contributed by atoms with E-state index in [9.17, 15) is 17.6 Å². The standard InChI is InChI=1S/C14H12FNO3S2.Na/c1-10-9-11(15)4-5-13(10)14(17)16-21(18,19)8-6-12-3-2-7-20-12;/h2-9H,1H3,(H,16,17);/q;+1/p-1/b8-6+;. The Morgan fingerprint density at radius 2 is 2.05 bits per heavy atom. The van der Waals surface area contributed by atoms with Gasteiger partial charge in [-0.1, -0.05) is 6.07 Å². The maximum atomic E-state index is 13.0. The van der Waals surface area contributed by atoms with Crippen LogP contribution in [0.4, 0.5) is 4.39 Å². The van der Waals surface area contributed by atoms with Crippen molar-refractivity contribution in [3.63, 3.8) is 0 Å². The van der Waals surface area contributed by atoms with E-state index < -0.39 is 21.7 Å². The van der Waals surface area contributed by atoms with Crippen molar-refractivity contribution >= 4 is 33.3 Å². The van der Waals surface area contributed by atoms with Gasteiger partial charge in [0.25, 0.3) is 0 Å². The van der Waals surface area contributed by atoms with Crippen LogP contribution in [0.3, 0.4) is 0 Å². The van der Waals surface area contributed by atoms with Crippen molar-refractivity contribution in [3.8, 4) is 0 Å². The van der Waals surface area contributed by atoms with Crippen LogP contribution in [0.25, 0.3) is 10.8 Å². The Hall–Kier alpha value is -0.990.